The molecule has 0 bridgehead atoms. The number of thioether (sulfide) groups is 2. The molecule has 6 heteroatoms. The van der Waals surface area contributed by atoms with Crippen LogP contribution in [0.25, 0.3) is 0 Å². The summed E-state index contributed by atoms with van der Waals surface area (Å²) in [6.45, 7) is 1.92. The molecule has 76 valence electrons. The van der Waals surface area contributed by atoms with Crippen molar-refractivity contribution in [3.05, 3.63) is 11.8 Å². The highest BCUT2D eigenvalue weighted by molar-refractivity contribution is 8.45. The molecular weight excluding hydrogens is 222 g/mol. The topological polar surface area (TPSA) is 66.7 Å². The Hall–Kier alpha value is -0.750. The first-order chi connectivity index (χ1) is 6.63. The van der Waals surface area contributed by atoms with Crippen molar-refractivity contribution in [3.8, 4) is 0 Å². The third-order valence-electron chi connectivity index (χ3n) is 1.32. The number of aliphatic imine (C=N–C) groups is 1. The summed E-state index contributed by atoms with van der Waals surface area (Å²) in [5.41, 5.74) is 0.436. The number of hydrogen-bond acceptors (Lipinski definition) is 5. The van der Waals surface area contributed by atoms with E-state index in [4.69, 9.17) is 5.11 Å². The molecular formula is C8H9NO3S2. The third kappa shape index (κ3) is 3.19. The predicted octanol–water partition coefficient (Wildman–Crippen LogP) is 1.73. The highest BCUT2D eigenvalue weighted by Gasteiger charge is 2.22. The summed E-state index contributed by atoms with van der Waals surface area (Å²) >= 11 is 2.08. The van der Waals surface area contributed by atoms with Crippen molar-refractivity contribution in [2.24, 2.45) is 4.99 Å². The number of allylic oxidation sites excluding steroid dienone is 1. The Morgan fingerprint density at radius 1 is 1.71 bits per heavy atom. The minimum absolute atomic E-state index is 0.0570. The second kappa shape index (κ2) is 5.21. The van der Waals surface area contributed by atoms with Gasteiger partial charge in [0, 0.05) is 0 Å². The van der Waals surface area contributed by atoms with Crippen molar-refractivity contribution in [1.82, 2.24) is 0 Å². The highest BCUT2D eigenvalue weighted by Crippen LogP contribution is 2.29. The maximum atomic E-state index is 11.2. The number of carboxylic acid groups (broad SMARTS) is 1. The van der Waals surface area contributed by atoms with Gasteiger partial charge in [-0.15, -0.1) is 0 Å². The number of rotatable bonds is 3. The van der Waals surface area contributed by atoms with Gasteiger partial charge in [-0.3, -0.25) is 9.59 Å². The minimum Gasteiger partial charge on any atom is -0.481 e. The molecule has 0 unspecified atom stereocenters. The molecule has 0 aromatic rings. The Balaban J connectivity index is 2.57. The van der Waals surface area contributed by atoms with Gasteiger partial charge in [-0.1, -0.05) is 24.8 Å². The molecule has 4 nitrogen and oxygen atoms in total. The predicted molar refractivity (Wildman–Crippen MR) is 58.5 cm³/mol. The fraction of sp³-hybridized carbons (Fsp3) is 0.375. The van der Waals surface area contributed by atoms with Crippen LogP contribution in [-0.2, 0) is 9.59 Å². The van der Waals surface area contributed by atoms with Crippen molar-refractivity contribution >= 4 is 39.0 Å². The number of carboxylic acids is 1. The molecule has 0 saturated heterocycles. The number of nitrogens with zero attached hydrogens (tertiary/aromatic N) is 1. The van der Waals surface area contributed by atoms with Gasteiger partial charge in [0.05, 0.1) is 5.75 Å². The van der Waals surface area contributed by atoms with E-state index in [2.05, 4.69) is 4.99 Å². The first-order valence-electron chi connectivity index (χ1n) is 3.99. The van der Waals surface area contributed by atoms with Gasteiger partial charge in [0.15, 0.2) is 0 Å². The van der Waals surface area contributed by atoms with Crippen molar-refractivity contribution in [2.45, 2.75) is 13.3 Å². The lowest BCUT2D eigenvalue weighted by atomic mass is 10.4. The molecule has 0 saturated carbocycles. The van der Waals surface area contributed by atoms with E-state index in [1.54, 1.807) is 6.08 Å². The van der Waals surface area contributed by atoms with Gasteiger partial charge in [-0.05, 0) is 18.2 Å². The molecule has 0 spiro atoms. The summed E-state index contributed by atoms with van der Waals surface area (Å²) in [5, 5.41) is 8.33. The minimum atomic E-state index is -0.904. The van der Waals surface area contributed by atoms with Gasteiger partial charge in [0.25, 0.3) is 0 Å². The Morgan fingerprint density at radius 2 is 2.43 bits per heavy atom. The lowest BCUT2D eigenvalue weighted by Gasteiger charge is -1.91. The highest BCUT2D eigenvalue weighted by atomic mass is 32.2. The average Bonchev–Trinajstić information content (AvgIpc) is 2.45. The second-order valence-electron chi connectivity index (χ2n) is 2.45. The summed E-state index contributed by atoms with van der Waals surface area (Å²) < 4.78 is 0.525. The number of carbonyl (C=O) groups is 2. The van der Waals surface area contributed by atoms with E-state index in [1.807, 2.05) is 6.92 Å². The van der Waals surface area contributed by atoms with Gasteiger partial charge in [-0.2, -0.15) is 0 Å². The molecule has 1 rings (SSSR count). The summed E-state index contributed by atoms with van der Waals surface area (Å²) in [6, 6.07) is 0. The van der Waals surface area contributed by atoms with Crippen LogP contribution in [0.4, 0.5) is 0 Å². The maximum Gasteiger partial charge on any atom is 0.313 e. The van der Waals surface area contributed by atoms with Crippen molar-refractivity contribution < 1.29 is 14.7 Å². The lowest BCUT2D eigenvalue weighted by Crippen LogP contribution is -1.99. The number of aliphatic carboxylic acids is 1. The average molecular weight is 231 g/mol. The van der Waals surface area contributed by atoms with Gasteiger partial charge in [0.2, 0.25) is 5.12 Å². The fourth-order valence-electron chi connectivity index (χ4n) is 0.806. The van der Waals surface area contributed by atoms with Crippen LogP contribution in [0.15, 0.2) is 16.8 Å². The summed E-state index contributed by atoms with van der Waals surface area (Å²) in [4.78, 5) is 25.5. The normalized spacial score (nSPS) is 18.8. The van der Waals surface area contributed by atoms with E-state index in [-0.39, 0.29) is 10.9 Å². The zero-order valence-electron chi connectivity index (χ0n) is 7.52. The van der Waals surface area contributed by atoms with Crippen LogP contribution >= 0.6 is 23.5 Å². The molecule has 1 aliphatic heterocycles. The van der Waals surface area contributed by atoms with Crippen LogP contribution in [0.5, 0.6) is 0 Å². The molecule has 1 N–H and O–H groups in total. The maximum absolute atomic E-state index is 11.2. The summed E-state index contributed by atoms with van der Waals surface area (Å²) in [5.74, 6) is -0.961. The van der Waals surface area contributed by atoms with Crippen LogP contribution in [-0.4, -0.2) is 26.3 Å². The number of hydrogen-bond donors (Lipinski definition) is 1. The van der Waals surface area contributed by atoms with Crippen molar-refractivity contribution in [2.75, 3.05) is 5.75 Å². The zero-order chi connectivity index (χ0) is 10.6. The molecule has 0 fully saturated rings. The monoisotopic (exact) mass is 231 g/mol. The van der Waals surface area contributed by atoms with E-state index < -0.39 is 5.97 Å². The molecule has 0 aromatic heterocycles. The van der Waals surface area contributed by atoms with Crippen molar-refractivity contribution in [3.63, 3.8) is 0 Å². The molecule has 0 amide bonds. The fourth-order valence-corrected chi connectivity index (χ4v) is 2.39. The van der Waals surface area contributed by atoms with E-state index in [9.17, 15) is 9.59 Å². The van der Waals surface area contributed by atoms with Crippen LogP contribution < -0.4 is 0 Å². The quantitative estimate of drug-likeness (QED) is 0.749. The molecule has 0 radical (unpaired) electrons. The van der Waals surface area contributed by atoms with Crippen LogP contribution in [0, 0.1) is 0 Å². The smallest absolute Gasteiger partial charge is 0.313 e. The Bertz CT molecular complexity index is 323. The largest absolute Gasteiger partial charge is 0.481 e. The lowest BCUT2D eigenvalue weighted by molar-refractivity contribution is -0.133. The Labute approximate surface area is 89.9 Å². The Kier molecular flexibility index (Phi) is 4.21. The molecule has 14 heavy (non-hydrogen) atoms. The van der Waals surface area contributed by atoms with E-state index in [1.165, 1.54) is 0 Å². The van der Waals surface area contributed by atoms with Crippen molar-refractivity contribution in [1.29, 1.82) is 0 Å². The van der Waals surface area contributed by atoms with E-state index in [0.29, 0.717) is 10.1 Å². The second-order valence-corrected chi connectivity index (χ2v) is 4.63. The molecule has 1 heterocycles. The summed E-state index contributed by atoms with van der Waals surface area (Å²) in [7, 11) is 0. The molecule has 1 aliphatic rings. The third-order valence-corrected chi connectivity index (χ3v) is 3.31. The SMILES string of the molecule is CCC=C1N=C(SCC(=O)O)SC1=O. The number of carbonyl (C=O) groups excluding carboxylic acids is 1. The van der Waals surface area contributed by atoms with Crippen LogP contribution in [0.3, 0.4) is 0 Å². The first kappa shape index (κ1) is 11.3. The van der Waals surface area contributed by atoms with Crippen LogP contribution in [0.1, 0.15) is 13.3 Å². The standard InChI is InChI=1S/C8H9NO3S2/c1-2-3-5-7(12)14-8(9-5)13-4-6(10)11/h3H,2,4H2,1H3,(H,10,11). The Morgan fingerprint density at radius 3 is 3.00 bits per heavy atom. The van der Waals surface area contributed by atoms with E-state index >= 15 is 0 Å². The van der Waals surface area contributed by atoms with Gasteiger partial charge >= 0.3 is 5.97 Å². The first-order valence-corrected chi connectivity index (χ1v) is 5.79. The molecule has 0 aromatic carbocycles. The van der Waals surface area contributed by atoms with Gasteiger partial charge in [-0.25, -0.2) is 4.99 Å². The van der Waals surface area contributed by atoms with Crippen LogP contribution in [0.2, 0.25) is 0 Å². The van der Waals surface area contributed by atoms with Gasteiger partial charge in [0.1, 0.15) is 10.1 Å². The summed E-state index contributed by atoms with van der Waals surface area (Å²) in [6.07, 6.45) is 2.49. The molecule has 0 atom stereocenters. The molecule has 0 aliphatic carbocycles. The van der Waals surface area contributed by atoms with E-state index in [0.717, 1.165) is 29.9 Å². The zero-order valence-corrected chi connectivity index (χ0v) is 9.15. The van der Waals surface area contributed by atoms with Gasteiger partial charge < -0.3 is 5.11 Å².